The summed E-state index contributed by atoms with van der Waals surface area (Å²) >= 11 is 0. The predicted octanol–water partition coefficient (Wildman–Crippen LogP) is 1.81. The Hall–Kier alpha value is -3.35. The highest BCUT2D eigenvalue weighted by Crippen LogP contribution is 2.28. The Morgan fingerprint density at radius 3 is 1.65 bits per heavy atom. The third kappa shape index (κ3) is 2.77. The Morgan fingerprint density at radius 1 is 0.654 bits per heavy atom. The van der Waals surface area contributed by atoms with Crippen molar-refractivity contribution < 1.29 is 0 Å². The number of para-hydroxylation sites is 2. The summed E-state index contributed by atoms with van der Waals surface area (Å²) in [6.07, 6.45) is 1.45. The van der Waals surface area contributed by atoms with Gasteiger partial charge in [-0.05, 0) is 25.0 Å². The van der Waals surface area contributed by atoms with Gasteiger partial charge in [-0.15, -0.1) is 0 Å². The Bertz CT molecular complexity index is 1170. The zero-order valence-electron chi connectivity index (χ0n) is 14.1. The van der Waals surface area contributed by atoms with E-state index in [0.717, 1.165) is 17.5 Å². The van der Waals surface area contributed by atoms with E-state index in [-0.39, 0.29) is 6.54 Å². The van der Waals surface area contributed by atoms with E-state index in [1.165, 1.54) is 21.8 Å². The number of aromatic amines is 2. The number of nitrogens with zero attached hydrogens (tertiary/aromatic N) is 2. The van der Waals surface area contributed by atoms with E-state index in [2.05, 4.69) is 38.8 Å². The molecule has 7 heteroatoms. The zero-order valence-corrected chi connectivity index (χ0v) is 14.1. The summed E-state index contributed by atoms with van der Waals surface area (Å²) in [5, 5.41) is 2.44. The molecule has 0 amide bonds. The minimum Gasteiger partial charge on any atom is -0.340 e. The lowest BCUT2D eigenvalue weighted by Gasteiger charge is -2.08. The van der Waals surface area contributed by atoms with Crippen molar-refractivity contribution in [3.8, 4) is 0 Å². The van der Waals surface area contributed by atoms with Crippen molar-refractivity contribution in [3.63, 3.8) is 0 Å². The number of aryl methyl sites for hydroxylation is 1. The van der Waals surface area contributed by atoms with Gasteiger partial charge in [0.1, 0.15) is 0 Å². The highest BCUT2D eigenvalue weighted by Gasteiger charge is 2.09. The summed E-state index contributed by atoms with van der Waals surface area (Å²) in [7, 11) is 0. The normalized spacial score (nSPS) is 11.4. The van der Waals surface area contributed by atoms with Crippen LogP contribution in [-0.4, -0.2) is 19.1 Å². The molecule has 0 fully saturated rings. The molecule has 4 rings (SSSR count). The standard InChI is InChI=1S/C19H18N4O3/c24-17-20-18(25)23(19(26)21-17)12-6-5-11-22-15-9-3-1-7-13(15)14-8-2-4-10-16(14)22/h1-4,7-10H,5-6,11-12H2,(H2,20,21,24,25,26). The van der Waals surface area contributed by atoms with E-state index in [9.17, 15) is 14.4 Å². The van der Waals surface area contributed by atoms with Crippen molar-refractivity contribution in [2.75, 3.05) is 0 Å². The number of hydrogen-bond acceptors (Lipinski definition) is 3. The molecule has 0 aliphatic rings. The maximum absolute atomic E-state index is 11.7. The molecule has 0 saturated carbocycles. The van der Waals surface area contributed by atoms with Crippen LogP contribution in [0.1, 0.15) is 12.8 Å². The van der Waals surface area contributed by atoms with Crippen molar-refractivity contribution in [2.24, 2.45) is 0 Å². The number of rotatable bonds is 5. The highest BCUT2D eigenvalue weighted by atomic mass is 16.2. The van der Waals surface area contributed by atoms with E-state index < -0.39 is 17.1 Å². The van der Waals surface area contributed by atoms with Crippen LogP contribution in [0.25, 0.3) is 21.8 Å². The van der Waals surface area contributed by atoms with E-state index in [1.54, 1.807) is 0 Å². The number of fused-ring (bicyclic) bond motifs is 3. The molecule has 4 aromatic rings. The second-order valence-electron chi connectivity index (χ2n) is 6.23. The topological polar surface area (TPSA) is 92.7 Å². The van der Waals surface area contributed by atoms with Crippen molar-refractivity contribution in [2.45, 2.75) is 25.9 Å². The summed E-state index contributed by atoms with van der Waals surface area (Å²) in [6, 6.07) is 16.6. The molecular formula is C19H18N4O3. The van der Waals surface area contributed by atoms with Crippen LogP contribution in [0.4, 0.5) is 0 Å². The minimum absolute atomic E-state index is 0.266. The van der Waals surface area contributed by atoms with E-state index in [0.29, 0.717) is 6.42 Å². The van der Waals surface area contributed by atoms with Gasteiger partial charge < -0.3 is 4.57 Å². The Balaban J connectivity index is 1.56. The number of benzene rings is 2. The third-order valence-electron chi connectivity index (χ3n) is 4.62. The lowest BCUT2D eigenvalue weighted by Crippen LogP contribution is -2.43. The summed E-state index contributed by atoms with van der Waals surface area (Å²) in [4.78, 5) is 38.6. The highest BCUT2D eigenvalue weighted by molar-refractivity contribution is 6.07. The Kier molecular flexibility index (Phi) is 4.04. The molecule has 2 N–H and O–H groups in total. The van der Waals surface area contributed by atoms with Crippen LogP contribution in [0.15, 0.2) is 62.9 Å². The number of nitrogens with one attached hydrogen (secondary N) is 2. The lowest BCUT2D eigenvalue weighted by atomic mass is 10.2. The molecule has 0 unspecified atom stereocenters. The SMILES string of the molecule is O=c1[nH]c(=O)n(CCCCn2c3ccccc3c3ccccc32)c(=O)[nH]1. The molecule has 0 radical (unpaired) electrons. The minimum atomic E-state index is -0.776. The number of aromatic nitrogens is 4. The number of hydrogen-bond donors (Lipinski definition) is 2. The first kappa shape index (κ1) is 16.1. The monoisotopic (exact) mass is 350 g/mol. The van der Waals surface area contributed by atoms with Gasteiger partial charge in [0.2, 0.25) is 0 Å². The van der Waals surface area contributed by atoms with Crippen LogP contribution in [-0.2, 0) is 13.1 Å². The van der Waals surface area contributed by atoms with Crippen LogP contribution < -0.4 is 17.1 Å². The van der Waals surface area contributed by atoms with Crippen molar-refractivity contribution in [1.29, 1.82) is 0 Å². The van der Waals surface area contributed by atoms with Gasteiger partial charge in [-0.2, -0.15) is 0 Å². The summed E-state index contributed by atoms with van der Waals surface area (Å²) in [6.45, 7) is 1.05. The fourth-order valence-electron chi connectivity index (χ4n) is 3.44. The van der Waals surface area contributed by atoms with Crippen LogP contribution in [0.5, 0.6) is 0 Å². The molecule has 2 heterocycles. The second kappa shape index (κ2) is 6.51. The Morgan fingerprint density at radius 2 is 1.12 bits per heavy atom. The first-order valence-corrected chi connectivity index (χ1v) is 8.54. The molecule has 132 valence electrons. The average molecular weight is 350 g/mol. The summed E-state index contributed by atoms with van der Waals surface area (Å²) < 4.78 is 3.29. The average Bonchev–Trinajstić information content (AvgIpc) is 2.94. The van der Waals surface area contributed by atoms with Crippen molar-refractivity contribution >= 4 is 21.8 Å². The molecule has 0 aliphatic heterocycles. The quantitative estimate of drug-likeness (QED) is 0.538. The first-order chi connectivity index (χ1) is 12.6. The molecule has 0 saturated heterocycles. The predicted molar refractivity (Wildman–Crippen MR) is 101 cm³/mol. The van der Waals surface area contributed by atoms with Gasteiger partial charge in [0, 0.05) is 34.9 Å². The first-order valence-electron chi connectivity index (χ1n) is 8.54. The van der Waals surface area contributed by atoms with Gasteiger partial charge in [-0.25, -0.2) is 19.0 Å². The molecule has 2 aromatic carbocycles. The maximum Gasteiger partial charge on any atom is 0.333 e. The van der Waals surface area contributed by atoms with Crippen LogP contribution in [0, 0.1) is 0 Å². The van der Waals surface area contributed by atoms with Crippen LogP contribution >= 0.6 is 0 Å². The van der Waals surface area contributed by atoms with E-state index >= 15 is 0 Å². The largest absolute Gasteiger partial charge is 0.340 e. The summed E-state index contributed by atoms with van der Waals surface area (Å²) in [5.74, 6) is 0. The molecule has 0 aliphatic carbocycles. The molecule has 2 aromatic heterocycles. The second-order valence-corrected chi connectivity index (χ2v) is 6.23. The molecule has 0 bridgehead atoms. The summed E-state index contributed by atoms with van der Waals surface area (Å²) in [5.41, 5.74) is 0.230. The maximum atomic E-state index is 11.7. The smallest absolute Gasteiger partial charge is 0.333 e. The fraction of sp³-hybridized carbons (Fsp3) is 0.211. The van der Waals surface area contributed by atoms with Crippen molar-refractivity contribution in [3.05, 3.63) is 80.0 Å². The molecule has 26 heavy (non-hydrogen) atoms. The number of unbranched alkanes of at least 4 members (excludes halogenated alkanes) is 1. The van der Waals surface area contributed by atoms with Gasteiger partial charge in [0.15, 0.2) is 0 Å². The van der Waals surface area contributed by atoms with Gasteiger partial charge in [-0.1, -0.05) is 36.4 Å². The van der Waals surface area contributed by atoms with Crippen molar-refractivity contribution in [1.82, 2.24) is 19.1 Å². The molecule has 7 nitrogen and oxygen atoms in total. The van der Waals surface area contributed by atoms with Gasteiger partial charge in [0.05, 0.1) is 0 Å². The fourth-order valence-corrected chi connectivity index (χ4v) is 3.44. The number of H-pyrrole nitrogens is 2. The van der Waals surface area contributed by atoms with E-state index in [4.69, 9.17) is 0 Å². The van der Waals surface area contributed by atoms with Crippen LogP contribution in [0.2, 0.25) is 0 Å². The van der Waals surface area contributed by atoms with Gasteiger partial charge in [-0.3, -0.25) is 9.97 Å². The van der Waals surface area contributed by atoms with E-state index in [1.807, 2.05) is 24.3 Å². The molecule has 0 atom stereocenters. The third-order valence-corrected chi connectivity index (χ3v) is 4.62. The Labute approximate surface area is 147 Å². The molecular weight excluding hydrogens is 332 g/mol. The van der Waals surface area contributed by atoms with Crippen LogP contribution in [0.3, 0.4) is 0 Å². The molecule has 0 spiro atoms. The lowest BCUT2D eigenvalue weighted by molar-refractivity contribution is 0.525. The van der Waals surface area contributed by atoms with Gasteiger partial charge in [0.25, 0.3) is 0 Å². The zero-order chi connectivity index (χ0) is 18.1. The van der Waals surface area contributed by atoms with Gasteiger partial charge >= 0.3 is 17.1 Å².